The third kappa shape index (κ3) is 1.86. The zero-order chi connectivity index (χ0) is 14.6. The molecule has 3 atom stereocenters. The van der Waals surface area contributed by atoms with Crippen LogP contribution in [0.4, 0.5) is 0 Å². The summed E-state index contributed by atoms with van der Waals surface area (Å²) in [7, 11) is -0.0631. The first kappa shape index (κ1) is 13.3. The van der Waals surface area contributed by atoms with Crippen LogP contribution >= 0.6 is 7.92 Å². The minimum atomic E-state index is -0.0631. The number of benzene rings is 2. The quantitative estimate of drug-likeness (QED) is 0.622. The van der Waals surface area contributed by atoms with E-state index in [0.29, 0.717) is 5.41 Å². The van der Waals surface area contributed by atoms with Crippen LogP contribution in [0.1, 0.15) is 25.0 Å². The van der Waals surface area contributed by atoms with Crippen molar-refractivity contribution >= 4 is 18.8 Å². The van der Waals surface area contributed by atoms with Crippen LogP contribution < -0.4 is 0 Å². The van der Waals surface area contributed by atoms with Gasteiger partial charge in [0.1, 0.15) is 0 Å². The van der Waals surface area contributed by atoms with Gasteiger partial charge in [-0.25, -0.2) is 0 Å². The lowest BCUT2D eigenvalue weighted by molar-refractivity contribution is 0.616. The Bertz CT molecular complexity index is 697. The molecular weight excluding hydrogens is 271 g/mol. The molecule has 2 aromatic rings. The van der Waals surface area contributed by atoms with Crippen LogP contribution in [0.3, 0.4) is 0 Å². The second kappa shape index (κ2) is 4.55. The molecule has 0 nitrogen and oxygen atoms in total. The smallest absolute Gasteiger partial charge is 0.00158 e. The topological polar surface area (TPSA) is 0 Å². The molecule has 4 rings (SSSR count). The highest BCUT2D eigenvalue weighted by molar-refractivity contribution is 7.70. The first-order valence-electron chi connectivity index (χ1n) is 7.70. The average molecular weight is 292 g/mol. The van der Waals surface area contributed by atoms with E-state index in [9.17, 15) is 0 Å². The molecule has 1 heterocycles. The Labute approximate surface area is 128 Å². The molecule has 1 aliphatic carbocycles. The van der Waals surface area contributed by atoms with E-state index in [0.717, 1.165) is 11.6 Å². The third-order valence-corrected chi connectivity index (χ3v) is 8.24. The van der Waals surface area contributed by atoms with Gasteiger partial charge in [-0.3, -0.25) is 0 Å². The molecule has 0 N–H and O–H groups in total. The summed E-state index contributed by atoms with van der Waals surface area (Å²) in [5.74, 6) is 0.756. The molecule has 21 heavy (non-hydrogen) atoms. The van der Waals surface area contributed by atoms with E-state index in [1.165, 1.54) is 11.1 Å². The Morgan fingerprint density at radius 2 is 1.33 bits per heavy atom. The molecule has 0 saturated heterocycles. The average Bonchev–Trinajstić information content (AvgIpc) is 2.90. The van der Waals surface area contributed by atoms with Crippen LogP contribution in [0.5, 0.6) is 0 Å². The Balaban J connectivity index is 1.93. The fraction of sp³-hybridized carbons (Fsp3) is 0.300. The van der Waals surface area contributed by atoms with E-state index < -0.39 is 0 Å². The standard InChI is InChI=1S/C20H21P/c1-20(2)17-16(14-10-6-4-7-11-14)18(21(3)19(17)20)15-12-8-5-9-13-15/h4-13,17,19H,1-3H3. The highest BCUT2D eigenvalue weighted by Crippen LogP contribution is 2.81. The van der Waals surface area contributed by atoms with Crippen molar-refractivity contribution < 1.29 is 0 Å². The maximum absolute atomic E-state index is 2.49. The van der Waals surface area contributed by atoms with Crippen LogP contribution in [0.2, 0.25) is 0 Å². The van der Waals surface area contributed by atoms with Gasteiger partial charge in [-0.05, 0) is 45.7 Å². The Morgan fingerprint density at radius 3 is 1.90 bits per heavy atom. The third-order valence-electron chi connectivity index (χ3n) is 5.24. The van der Waals surface area contributed by atoms with Gasteiger partial charge in [0.15, 0.2) is 0 Å². The van der Waals surface area contributed by atoms with Crippen molar-refractivity contribution in [2.24, 2.45) is 11.3 Å². The number of hydrogen-bond donors (Lipinski definition) is 0. The van der Waals surface area contributed by atoms with Crippen LogP contribution in [-0.4, -0.2) is 12.3 Å². The first-order chi connectivity index (χ1) is 10.1. The Morgan fingerprint density at radius 1 is 0.810 bits per heavy atom. The van der Waals surface area contributed by atoms with Crippen molar-refractivity contribution in [3.63, 3.8) is 0 Å². The van der Waals surface area contributed by atoms with Gasteiger partial charge in [-0.1, -0.05) is 82.4 Å². The minimum Gasteiger partial charge on any atom is -0.0731 e. The summed E-state index contributed by atoms with van der Waals surface area (Å²) in [6.45, 7) is 7.39. The molecule has 1 fully saturated rings. The zero-order valence-corrected chi connectivity index (χ0v) is 13.8. The van der Waals surface area contributed by atoms with Crippen molar-refractivity contribution in [1.29, 1.82) is 0 Å². The first-order valence-corrected chi connectivity index (χ1v) is 9.56. The zero-order valence-electron chi connectivity index (χ0n) is 12.9. The maximum Gasteiger partial charge on any atom is -0.00158 e. The van der Waals surface area contributed by atoms with Crippen molar-refractivity contribution in [3.8, 4) is 0 Å². The number of fused-ring (bicyclic) bond motifs is 1. The summed E-state index contributed by atoms with van der Waals surface area (Å²) in [5.41, 5.74) is 5.87. The molecule has 0 bridgehead atoms. The fourth-order valence-corrected chi connectivity index (χ4v) is 7.76. The van der Waals surface area contributed by atoms with Gasteiger partial charge in [0.05, 0.1) is 0 Å². The van der Waals surface area contributed by atoms with Gasteiger partial charge in [0.25, 0.3) is 0 Å². The van der Waals surface area contributed by atoms with E-state index in [-0.39, 0.29) is 7.92 Å². The van der Waals surface area contributed by atoms with E-state index in [4.69, 9.17) is 0 Å². The van der Waals surface area contributed by atoms with E-state index in [2.05, 4.69) is 81.2 Å². The summed E-state index contributed by atoms with van der Waals surface area (Å²) in [4.78, 5) is 0. The molecule has 2 aromatic carbocycles. The SMILES string of the molecule is CP1C(c2ccccc2)=C(c2ccccc2)C2C1C2(C)C. The summed E-state index contributed by atoms with van der Waals surface area (Å²) >= 11 is 0. The highest BCUT2D eigenvalue weighted by atomic mass is 31.1. The molecular formula is C20H21P. The van der Waals surface area contributed by atoms with Crippen LogP contribution in [0, 0.1) is 11.3 Å². The van der Waals surface area contributed by atoms with Crippen LogP contribution in [0.15, 0.2) is 60.7 Å². The maximum atomic E-state index is 2.49. The molecule has 1 aliphatic heterocycles. The lowest BCUT2D eigenvalue weighted by Crippen LogP contribution is -2.01. The summed E-state index contributed by atoms with van der Waals surface area (Å²) < 4.78 is 0. The van der Waals surface area contributed by atoms with Gasteiger partial charge >= 0.3 is 0 Å². The van der Waals surface area contributed by atoms with Gasteiger partial charge in [-0.2, -0.15) is 0 Å². The largest absolute Gasteiger partial charge is 0.0731 e. The summed E-state index contributed by atoms with van der Waals surface area (Å²) in [5, 5.41) is 1.64. The Kier molecular flexibility index (Phi) is 2.88. The highest BCUT2D eigenvalue weighted by Gasteiger charge is 2.66. The summed E-state index contributed by atoms with van der Waals surface area (Å²) in [6.07, 6.45) is 0. The van der Waals surface area contributed by atoms with Crippen molar-refractivity contribution in [3.05, 3.63) is 71.8 Å². The molecule has 0 aromatic heterocycles. The van der Waals surface area contributed by atoms with Gasteiger partial charge in [0.2, 0.25) is 0 Å². The Hall–Kier alpha value is -1.39. The van der Waals surface area contributed by atoms with E-state index in [1.807, 2.05) is 0 Å². The number of hydrogen-bond acceptors (Lipinski definition) is 0. The molecule has 2 aliphatic rings. The molecule has 0 amide bonds. The predicted molar refractivity (Wildman–Crippen MR) is 93.6 cm³/mol. The summed E-state index contributed by atoms with van der Waals surface area (Å²) in [6, 6.07) is 22.1. The molecule has 0 radical (unpaired) electrons. The molecule has 1 heteroatoms. The predicted octanol–water partition coefficient (Wildman–Crippen LogP) is 5.70. The minimum absolute atomic E-state index is 0.0631. The lowest BCUT2D eigenvalue weighted by Gasteiger charge is -2.22. The monoisotopic (exact) mass is 292 g/mol. The molecule has 1 saturated carbocycles. The molecule has 106 valence electrons. The fourth-order valence-electron chi connectivity index (χ4n) is 4.23. The molecule has 3 unspecified atom stereocenters. The van der Waals surface area contributed by atoms with Crippen LogP contribution in [0.25, 0.3) is 10.9 Å². The van der Waals surface area contributed by atoms with Crippen molar-refractivity contribution in [1.82, 2.24) is 0 Å². The van der Waals surface area contributed by atoms with Gasteiger partial charge in [0, 0.05) is 0 Å². The van der Waals surface area contributed by atoms with E-state index >= 15 is 0 Å². The second-order valence-electron chi connectivity index (χ2n) is 6.85. The van der Waals surface area contributed by atoms with Crippen molar-refractivity contribution in [2.75, 3.05) is 6.66 Å². The molecule has 0 spiro atoms. The van der Waals surface area contributed by atoms with Crippen molar-refractivity contribution in [2.45, 2.75) is 19.5 Å². The van der Waals surface area contributed by atoms with Gasteiger partial charge < -0.3 is 0 Å². The van der Waals surface area contributed by atoms with Crippen LogP contribution in [-0.2, 0) is 0 Å². The number of allylic oxidation sites excluding steroid dienone is 1. The normalized spacial score (nSPS) is 29.4. The van der Waals surface area contributed by atoms with E-state index in [1.54, 1.807) is 10.9 Å². The second-order valence-corrected chi connectivity index (χ2v) is 9.07. The lowest BCUT2D eigenvalue weighted by atomic mass is 9.94. The van der Waals surface area contributed by atoms with Gasteiger partial charge in [-0.15, -0.1) is 0 Å². The number of rotatable bonds is 2.